The average molecular weight is 297 g/mol. The number of benzene rings is 1. The van der Waals surface area contributed by atoms with Crippen LogP contribution in [0, 0.1) is 0 Å². The number of rotatable bonds is 9. The number of hydrogen-bond donors (Lipinski definition) is 0. The molecule has 0 nitrogen and oxygen atoms in total. The maximum absolute atomic E-state index is 3.47. The third-order valence-corrected chi connectivity index (χ3v) is 3.75. The van der Waals surface area contributed by atoms with E-state index in [0.29, 0.717) is 0 Å². The first-order valence-corrected chi connectivity index (χ1v) is 8.12. The molecule has 0 heterocycles. The van der Waals surface area contributed by atoms with Gasteiger partial charge in [-0.2, -0.15) is 0 Å². The molecule has 0 unspecified atom stereocenters. The zero-order chi connectivity index (χ0) is 12.3. The summed E-state index contributed by atoms with van der Waals surface area (Å²) < 4.78 is 0. The number of halogens is 1. The van der Waals surface area contributed by atoms with Crippen LogP contribution in [0.15, 0.2) is 24.3 Å². The van der Waals surface area contributed by atoms with Crippen LogP contribution in [0.4, 0.5) is 0 Å². The molecule has 0 aliphatic carbocycles. The van der Waals surface area contributed by atoms with Gasteiger partial charge in [0.1, 0.15) is 0 Å². The average Bonchev–Trinajstić information content (AvgIpc) is 2.37. The van der Waals surface area contributed by atoms with Crippen LogP contribution in [0.3, 0.4) is 0 Å². The van der Waals surface area contributed by atoms with Crippen LogP contribution < -0.4 is 0 Å². The van der Waals surface area contributed by atoms with Crippen molar-refractivity contribution < 1.29 is 0 Å². The Kier molecular flexibility index (Phi) is 8.42. The van der Waals surface area contributed by atoms with E-state index in [1.54, 1.807) is 0 Å². The third kappa shape index (κ3) is 6.88. The van der Waals surface area contributed by atoms with E-state index in [2.05, 4.69) is 47.1 Å². The standard InChI is InChI=1S/C16H25Br/c1-2-3-8-15-10-12-16(13-11-15)9-6-4-5-7-14-17/h10-13H,2-9,14H2,1H3. The zero-order valence-electron chi connectivity index (χ0n) is 11.1. The first-order chi connectivity index (χ1) is 8.36. The van der Waals surface area contributed by atoms with Gasteiger partial charge in [-0.15, -0.1) is 0 Å². The minimum atomic E-state index is 1.15. The van der Waals surface area contributed by atoms with Gasteiger partial charge in [-0.25, -0.2) is 0 Å². The first kappa shape index (κ1) is 14.8. The molecule has 96 valence electrons. The second-order valence-electron chi connectivity index (χ2n) is 4.77. The lowest BCUT2D eigenvalue weighted by molar-refractivity contribution is 0.671. The van der Waals surface area contributed by atoms with Gasteiger partial charge in [-0.1, -0.05) is 66.4 Å². The van der Waals surface area contributed by atoms with Gasteiger partial charge in [-0.05, 0) is 43.2 Å². The zero-order valence-corrected chi connectivity index (χ0v) is 12.6. The molecule has 0 spiro atoms. The Morgan fingerprint density at radius 3 is 1.82 bits per heavy atom. The normalized spacial score (nSPS) is 10.7. The minimum Gasteiger partial charge on any atom is -0.0928 e. The maximum Gasteiger partial charge on any atom is 0.00313 e. The van der Waals surface area contributed by atoms with Crippen LogP contribution in [0.2, 0.25) is 0 Å². The Labute approximate surface area is 115 Å². The highest BCUT2D eigenvalue weighted by molar-refractivity contribution is 9.09. The molecular formula is C16H25Br. The van der Waals surface area contributed by atoms with Crippen LogP contribution in [-0.2, 0) is 12.8 Å². The lowest BCUT2D eigenvalue weighted by Gasteiger charge is -2.04. The van der Waals surface area contributed by atoms with Crippen molar-refractivity contribution in [3.63, 3.8) is 0 Å². The maximum atomic E-state index is 3.47. The predicted octanol–water partition coefficient (Wildman–Crippen LogP) is 5.53. The summed E-state index contributed by atoms with van der Waals surface area (Å²) in [5.74, 6) is 0. The molecule has 1 aromatic carbocycles. The van der Waals surface area contributed by atoms with E-state index in [0.717, 1.165) is 5.33 Å². The van der Waals surface area contributed by atoms with Gasteiger partial charge in [0.25, 0.3) is 0 Å². The van der Waals surface area contributed by atoms with E-state index in [9.17, 15) is 0 Å². The van der Waals surface area contributed by atoms with E-state index in [1.807, 2.05) is 0 Å². The fourth-order valence-corrected chi connectivity index (χ4v) is 2.43. The molecule has 0 aliphatic rings. The van der Waals surface area contributed by atoms with Crippen molar-refractivity contribution in [3.8, 4) is 0 Å². The van der Waals surface area contributed by atoms with E-state index in [1.165, 1.54) is 62.5 Å². The summed E-state index contributed by atoms with van der Waals surface area (Å²) >= 11 is 3.47. The number of aryl methyl sites for hydroxylation is 2. The van der Waals surface area contributed by atoms with Crippen LogP contribution in [-0.4, -0.2) is 5.33 Å². The molecule has 0 saturated heterocycles. The van der Waals surface area contributed by atoms with Gasteiger partial charge in [0.05, 0.1) is 0 Å². The summed E-state index contributed by atoms with van der Waals surface area (Å²) in [4.78, 5) is 0. The molecule has 0 fully saturated rings. The SMILES string of the molecule is CCCCc1ccc(CCCCCCBr)cc1. The van der Waals surface area contributed by atoms with Gasteiger partial charge in [0.2, 0.25) is 0 Å². The van der Waals surface area contributed by atoms with Crippen molar-refractivity contribution in [2.75, 3.05) is 5.33 Å². The molecular weight excluding hydrogens is 272 g/mol. The second-order valence-corrected chi connectivity index (χ2v) is 5.57. The molecule has 0 N–H and O–H groups in total. The Morgan fingerprint density at radius 2 is 1.29 bits per heavy atom. The molecule has 0 atom stereocenters. The van der Waals surface area contributed by atoms with Crippen molar-refractivity contribution in [2.24, 2.45) is 0 Å². The first-order valence-electron chi connectivity index (χ1n) is 7.00. The largest absolute Gasteiger partial charge is 0.0928 e. The summed E-state index contributed by atoms with van der Waals surface area (Å²) in [7, 11) is 0. The fraction of sp³-hybridized carbons (Fsp3) is 0.625. The highest BCUT2D eigenvalue weighted by Gasteiger charge is 1.96. The molecule has 1 heteroatoms. The quantitative estimate of drug-likeness (QED) is 0.415. The Hall–Kier alpha value is -0.300. The van der Waals surface area contributed by atoms with Crippen molar-refractivity contribution >= 4 is 15.9 Å². The summed E-state index contributed by atoms with van der Waals surface area (Å²) in [5, 5.41) is 1.15. The van der Waals surface area contributed by atoms with Crippen molar-refractivity contribution in [1.82, 2.24) is 0 Å². The number of unbranched alkanes of at least 4 members (excludes halogenated alkanes) is 4. The third-order valence-electron chi connectivity index (χ3n) is 3.19. The van der Waals surface area contributed by atoms with Gasteiger partial charge in [0, 0.05) is 5.33 Å². The molecule has 1 aromatic rings. The van der Waals surface area contributed by atoms with Gasteiger partial charge >= 0.3 is 0 Å². The van der Waals surface area contributed by atoms with Gasteiger partial charge in [0.15, 0.2) is 0 Å². The Morgan fingerprint density at radius 1 is 0.765 bits per heavy atom. The summed E-state index contributed by atoms with van der Waals surface area (Å²) in [6.45, 7) is 2.25. The lowest BCUT2D eigenvalue weighted by Crippen LogP contribution is -1.89. The van der Waals surface area contributed by atoms with E-state index in [4.69, 9.17) is 0 Å². The number of alkyl halides is 1. The van der Waals surface area contributed by atoms with E-state index in [-0.39, 0.29) is 0 Å². The Bertz CT molecular complexity index is 276. The van der Waals surface area contributed by atoms with E-state index >= 15 is 0 Å². The van der Waals surface area contributed by atoms with Crippen LogP contribution >= 0.6 is 15.9 Å². The highest BCUT2D eigenvalue weighted by Crippen LogP contribution is 2.11. The summed E-state index contributed by atoms with van der Waals surface area (Å²) in [5.41, 5.74) is 3.00. The van der Waals surface area contributed by atoms with Crippen LogP contribution in [0.5, 0.6) is 0 Å². The topological polar surface area (TPSA) is 0 Å². The minimum absolute atomic E-state index is 1.15. The predicted molar refractivity (Wildman–Crippen MR) is 81.0 cm³/mol. The Balaban J connectivity index is 2.20. The summed E-state index contributed by atoms with van der Waals surface area (Å²) in [6, 6.07) is 9.25. The molecule has 0 bridgehead atoms. The number of hydrogen-bond acceptors (Lipinski definition) is 0. The summed E-state index contributed by atoms with van der Waals surface area (Å²) in [6.07, 6.45) is 10.5. The van der Waals surface area contributed by atoms with Gasteiger partial charge < -0.3 is 0 Å². The van der Waals surface area contributed by atoms with Crippen LogP contribution in [0.1, 0.15) is 56.6 Å². The molecule has 0 saturated carbocycles. The van der Waals surface area contributed by atoms with Crippen molar-refractivity contribution in [1.29, 1.82) is 0 Å². The molecule has 0 radical (unpaired) electrons. The van der Waals surface area contributed by atoms with Crippen LogP contribution in [0.25, 0.3) is 0 Å². The molecule has 0 amide bonds. The monoisotopic (exact) mass is 296 g/mol. The van der Waals surface area contributed by atoms with Crippen molar-refractivity contribution in [3.05, 3.63) is 35.4 Å². The van der Waals surface area contributed by atoms with Gasteiger partial charge in [-0.3, -0.25) is 0 Å². The fourth-order valence-electron chi connectivity index (χ4n) is 2.03. The highest BCUT2D eigenvalue weighted by atomic mass is 79.9. The smallest absolute Gasteiger partial charge is 0.00313 e. The lowest BCUT2D eigenvalue weighted by atomic mass is 10.0. The van der Waals surface area contributed by atoms with E-state index < -0.39 is 0 Å². The molecule has 0 aromatic heterocycles. The molecule has 1 rings (SSSR count). The second kappa shape index (κ2) is 9.70. The molecule has 0 aliphatic heterocycles. The van der Waals surface area contributed by atoms with Crippen molar-refractivity contribution in [2.45, 2.75) is 58.3 Å². The molecule has 17 heavy (non-hydrogen) atoms.